The Hall–Kier alpha value is 0.114. The van der Waals surface area contributed by atoms with Crippen molar-refractivity contribution in [2.45, 2.75) is 51.4 Å². The molecule has 0 aromatic heterocycles. The van der Waals surface area contributed by atoms with Crippen molar-refractivity contribution < 1.29 is 36.0 Å². The summed E-state index contributed by atoms with van der Waals surface area (Å²) in [5, 5.41) is 0. The molecule has 0 aliphatic heterocycles. The molecular weight excluding hydrogens is 352 g/mol. The van der Waals surface area contributed by atoms with E-state index in [-0.39, 0.29) is 11.5 Å². The minimum absolute atomic E-state index is 0.353. The molecule has 0 aromatic carbocycles. The molecule has 0 heterocycles. The summed E-state index contributed by atoms with van der Waals surface area (Å²) in [6.45, 7) is 5.77. The van der Waals surface area contributed by atoms with Gasteiger partial charge >= 0.3 is 17.6 Å². The highest BCUT2D eigenvalue weighted by molar-refractivity contribution is 6.62. The van der Waals surface area contributed by atoms with E-state index in [2.05, 4.69) is 0 Å². The lowest BCUT2D eigenvalue weighted by molar-refractivity contribution is -0.178. The zero-order valence-corrected chi connectivity index (χ0v) is 18.4. The van der Waals surface area contributed by atoms with E-state index in [1.54, 1.807) is 42.7 Å². The van der Waals surface area contributed by atoms with E-state index in [0.717, 1.165) is 0 Å². The average molecular weight is 387 g/mol. The van der Waals surface area contributed by atoms with Gasteiger partial charge in [0.2, 0.25) is 0 Å². The van der Waals surface area contributed by atoms with Crippen molar-refractivity contribution in [3.8, 4) is 0 Å². The number of hydrogen-bond acceptors (Lipinski definition) is 8. The molecule has 2 atom stereocenters. The van der Waals surface area contributed by atoms with Crippen LogP contribution in [0.5, 0.6) is 0 Å². The van der Waals surface area contributed by atoms with Gasteiger partial charge in [-0.05, 0) is 19.8 Å². The summed E-state index contributed by atoms with van der Waals surface area (Å²) in [7, 11) is 3.51. The highest BCUT2D eigenvalue weighted by Crippen LogP contribution is 2.23. The third-order valence-electron chi connectivity index (χ3n) is 3.95. The summed E-state index contributed by atoms with van der Waals surface area (Å²) in [5.41, 5.74) is -0.706. The maximum Gasteiger partial charge on any atom is 0.530 e. The van der Waals surface area contributed by atoms with Crippen molar-refractivity contribution in [3.05, 3.63) is 0 Å². The fourth-order valence-corrected chi connectivity index (χ4v) is 6.94. The topological polar surface area (TPSA) is 73.8 Å². The Morgan fingerprint density at radius 1 is 0.583 bits per heavy atom. The second-order valence-electron chi connectivity index (χ2n) is 5.07. The maximum absolute atomic E-state index is 6.02. The van der Waals surface area contributed by atoms with Gasteiger partial charge in [0, 0.05) is 42.7 Å². The van der Waals surface area contributed by atoms with Gasteiger partial charge in [0.25, 0.3) is 0 Å². The molecule has 2 unspecified atom stereocenters. The Morgan fingerprint density at radius 2 is 0.833 bits per heavy atom. The van der Waals surface area contributed by atoms with Gasteiger partial charge in [-0.15, -0.1) is 0 Å². The predicted molar refractivity (Wildman–Crippen MR) is 93.4 cm³/mol. The smallest absolute Gasteiger partial charge is 0.375 e. The SMILES string of the molecule is CCC(OC(C)OC(CC)[Si](OC)(OC)OC)[Si](OC)(OC)OC. The van der Waals surface area contributed by atoms with Crippen LogP contribution in [-0.2, 0) is 36.0 Å². The van der Waals surface area contributed by atoms with Crippen LogP contribution in [0.4, 0.5) is 0 Å². The van der Waals surface area contributed by atoms with Gasteiger partial charge in [0.05, 0.1) is 0 Å². The fraction of sp³-hybridized carbons (Fsp3) is 1.00. The van der Waals surface area contributed by atoms with E-state index >= 15 is 0 Å². The lowest BCUT2D eigenvalue weighted by Gasteiger charge is -2.36. The van der Waals surface area contributed by atoms with Gasteiger partial charge in [-0.25, -0.2) is 0 Å². The highest BCUT2D eigenvalue weighted by Gasteiger charge is 2.51. The van der Waals surface area contributed by atoms with Crippen LogP contribution in [-0.4, -0.2) is 78.0 Å². The van der Waals surface area contributed by atoms with Crippen molar-refractivity contribution >= 4 is 17.6 Å². The van der Waals surface area contributed by atoms with E-state index in [1.807, 2.05) is 20.8 Å². The van der Waals surface area contributed by atoms with E-state index in [0.29, 0.717) is 12.8 Å². The Labute approximate surface area is 148 Å². The van der Waals surface area contributed by atoms with Crippen LogP contribution < -0.4 is 0 Å². The van der Waals surface area contributed by atoms with Crippen LogP contribution in [0.2, 0.25) is 0 Å². The summed E-state index contributed by atoms with van der Waals surface area (Å²) in [4.78, 5) is 0. The van der Waals surface area contributed by atoms with Crippen LogP contribution in [0.25, 0.3) is 0 Å². The molecule has 0 fully saturated rings. The lowest BCUT2D eigenvalue weighted by Crippen LogP contribution is -2.58. The quantitative estimate of drug-likeness (QED) is 0.330. The highest BCUT2D eigenvalue weighted by atomic mass is 28.4. The summed E-state index contributed by atoms with van der Waals surface area (Å²) < 4.78 is 45.0. The maximum atomic E-state index is 6.02. The molecule has 0 saturated carbocycles. The zero-order chi connectivity index (χ0) is 18.8. The molecule has 0 aliphatic rings. The Kier molecular flexibility index (Phi) is 11.7. The third-order valence-corrected chi connectivity index (χ3v) is 10.0. The van der Waals surface area contributed by atoms with Crippen molar-refractivity contribution in [3.63, 3.8) is 0 Å². The van der Waals surface area contributed by atoms with Gasteiger partial charge in [0.1, 0.15) is 11.5 Å². The molecule has 0 aliphatic carbocycles. The fourth-order valence-electron chi connectivity index (χ4n) is 2.64. The monoisotopic (exact) mass is 386 g/mol. The zero-order valence-electron chi connectivity index (χ0n) is 16.4. The van der Waals surface area contributed by atoms with E-state index in [9.17, 15) is 0 Å². The largest absolute Gasteiger partial charge is 0.530 e. The van der Waals surface area contributed by atoms with Gasteiger partial charge < -0.3 is 36.0 Å². The van der Waals surface area contributed by atoms with Crippen LogP contribution in [0, 0.1) is 0 Å². The van der Waals surface area contributed by atoms with E-state index in [4.69, 9.17) is 36.0 Å². The van der Waals surface area contributed by atoms with Crippen LogP contribution in [0.15, 0.2) is 0 Å². The molecule has 0 saturated heterocycles. The summed E-state index contributed by atoms with van der Waals surface area (Å²) in [5.74, 6) is 0. The van der Waals surface area contributed by atoms with Gasteiger partial charge in [-0.3, -0.25) is 0 Å². The number of rotatable bonds is 14. The van der Waals surface area contributed by atoms with Crippen LogP contribution in [0.1, 0.15) is 33.6 Å². The normalized spacial score (nSPS) is 16.9. The second-order valence-corrected chi connectivity index (χ2v) is 11.2. The summed E-state index contributed by atoms with van der Waals surface area (Å²) >= 11 is 0. The van der Waals surface area contributed by atoms with Crippen molar-refractivity contribution in [1.29, 1.82) is 0 Å². The minimum atomic E-state index is -2.93. The molecule has 0 amide bonds. The Morgan fingerprint density at radius 3 is 1.00 bits per heavy atom. The summed E-state index contributed by atoms with van der Waals surface area (Å²) in [6.07, 6.45) is 0.779. The van der Waals surface area contributed by atoms with E-state index in [1.165, 1.54) is 0 Å². The molecule has 0 aromatic rings. The second kappa shape index (κ2) is 11.7. The predicted octanol–water partition coefficient (Wildman–Crippen LogP) is 1.76. The molecule has 8 nitrogen and oxygen atoms in total. The molecule has 0 N–H and O–H groups in total. The van der Waals surface area contributed by atoms with Crippen molar-refractivity contribution in [2.24, 2.45) is 0 Å². The minimum Gasteiger partial charge on any atom is -0.375 e. The van der Waals surface area contributed by atoms with Gasteiger partial charge in [-0.2, -0.15) is 0 Å². The number of hydrogen-bond donors (Lipinski definition) is 0. The Balaban J connectivity index is 5.10. The third kappa shape index (κ3) is 5.56. The summed E-state index contributed by atoms with van der Waals surface area (Å²) in [6, 6.07) is 0. The molecular formula is C14H34O8Si2. The Bertz CT molecular complexity index is 279. The first-order valence-electron chi connectivity index (χ1n) is 8.00. The van der Waals surface area contributed by atoms with Gasteiger partial charge in [-0.1, -0.05) is 13.8 Å². The molecule has 0 radical (unpaired) electrons. The standard InChI is InChI=1S/C14H34O8Si2/c1-10-13(23(15-4,16-5)17-6)21-12(3)22-14(11-2)24(18-7,19-8)20-9/h12-14H,10-11H2,1-9H3. The number of ether oxygens (including phenoxy) is 2. The first kappa shape index (κ1) is 24.1. The van der Waals surface area contributed by atoms with Crippen LogP contribution >= 0.6 is 0 Å². The molecule has 10 heteroatoms. The van der Waals surface area contributed by atoms with Gasteiger partial charge in [0.15, 0.2) is 6.29 Å². The van der Waals surface area contributed by atoms with Crippen molar-refractivity contribution in [1.82, 2.24) is 0 Å². The van der Waals surface area contributed by atoms with Crippen molar-refractivity contribution in [2.75, 3.05) is 42.7 Å². The molecule has 0 bridgehead atoms. The molecule has 0 spiro atoms. The van der Waals surface area contributed by atoms with Crippen LogP contribution in [0.3, 0.4) is 0 Å². The first-order valence-corrected chi connectivity index (χ1v) is 11.6. The molecule has 24 heavy (non-hydrogen) atoms. The first-order chi connectivity index (χ1) is 11.4. The molecule has 0 rings (SSSR count). The van der Waals surface area contributed by atoms with E-state index < -0.39 is 23.9 Å². The lowest BCUT2D eigenvalue weighted by atomic mass is 10.5. The molecule has 146 valence electrons. The average Bonchev–Trinajstić information content (AvgIpc) is 2.63.